The topological polar surface area (TPSA) is 12.0 Å². The van der Waals surface area contributed by atoms with Crippen molar-refractivity contribution in [3.05, 3.63) is 35.4 Å². The molecule has 2 rings (SSSR count). The van der Waals surface area contributed by atoms with Crippen LogP contribution < -0.4 is 5.32 Å². The van der Waals surface area contributed by atoms with Crippen molar-refractivity contribution in [1.29, 1.82) is 0 Å². The summed E-state index contributed by atoms with van der Waals surface area (Å²) in [5.41, 5.74) is -0.417. The van der Waals surface area contributed by atoms with Crippen molar-refractivity contribution < 1.29 is 13.2 Å². The van der Waals surface area contributed by atoms with Crippen LogP contribution >= 0.6 is 0 Å². The first-order valence-corrected chi connectivity index (χ1v) is 6.21. The standard InChI is InChI=1S/C14H18F3N/c1-13(8-7-10(9-13)18-2)11-5-3-4-6-12(11)14(15,16)17/h3-6,10,18H,7-9H2,1-2H3. The van der Waals surface area contributed by atoms with Crippen molar-refractivity contribution in [3.63, 3.8) is 0 Å². The van der Waals surface area contributed by atoms with Crippen molar-refractivity contribution in [2.45, 2.75) is 43.8 Å². The molecule has 1 aliphatic carbocycles. The second-order valence-electron chi connectivity index (χ2n) is 5.33. The highest BCUT2D eigenvalue weighted by Gasteiger charge is 2.42. The molecule has 1 N–H and O–H groups in total. The maximum Gasteiger partial charge on any atom is 0.416 e. The summed E-state index contributed by atoms with van der Waals surface area (Å²) in [7, 11) is 1.87. The van der Waals surface area contributed by atoms with Crippen LogP contribution in [0.5, 0.6) is 0 Å². The third-order valence-corrected chi connectivity index (χ3v) is 4.03. The number of rotatable bonds is 2. The molecule has 1 nitrogen and oxygen atoms in total. The van der Waals surface area contributed by atoms with E-state index in [4.69, 9.17) is 0 Å². The van der Waals surface area contributed by atoms with Crippen LogP contribution in [-0.4, -0.2) is 13.1 Å². The predicted molar refractivity (Wildman–Crippen MR) is 65.5 cm³/mol. The lowest BCUT2D eigenvalue weighted by Crippen LogP contribution is -2.27. The minimum atomic E-state index is -4.27. The van der Waals surface area contributed by atoms with Gasteiger partial charge in [0.2, 0.25) is 0 Å². The summed E-state index contributed by atoms with van der Waals surface area (Å²) in [5.74, 6) is 0. The molecule has 4 heteroatoms. The summed E-state index contributed by atoms with van der Waals surface area (Å²) in [6, 6.07) is 6.29. The highest BCUT2D eigenvalue weighted by molar-refractivity contribution is 5.37. The molecular formula is C14H18F3N. The Balaban J connectivity index is 2.40. The number of nitrogens with one attached hydrogen (secondary N) is 1. The van der Waals surface area contributed by atoms with Gasteiger partial charge in [0.15, 0.2) is 0 Å². The fourth-order valence-electron chi connectivity index (χ4n) is 2.99. The number of halogens is 3. The minimum absolute atomic E-state index is 0.316. The largest absolute Gasteiger partial charge is 0.416 e. The average molecular weight is 257 g/mol. The Bertz CT molecular complexity index is 427. The molecule has 2 atom stereocenters. The fraction of sp³-hybridized carbons (Fsp3) is 0.571. The molecule has 1 saturated carbocycles. The van der Waals surface area contributed by atoms with Gasteiger partial charge in [-0.05, 0) is 43.4 Å². The molecule has 18 heavy (non-hydrogen) atoms. The summed E-state index contributed by atoms with van der Waals surface area (Å²) < 4.78 is 39.1. The van der Waals surface area contributed by atoms with E-state index in [0.717, 1.165) is 19.3 Å². The van der Waals surface area contributed by atoms with E-state index in [1.807, 2.05) is 14.0 Å². The second-order valence-corrected chi connectivity index (χ2v) is 5.33. The normalized spacial score (nSPS) is 28.6. The molecule has 1 aromatic rings. The quantitative estimate of drug-likeness (QED) is 0.851. The van der Waals surface area contributed by atoms with E-state index in [-0.39, 0.29) is 5.41 Å². The highest BCUT2D eigenvalue weighted by atomic mass is 19.4. The van der Waals surface area contributed by atoms with Gasteiger partial charge in [-0.15, -0.1) is 0 Å². The van der Waals surface area contributed by atoms with E-state index in [0.29, 0.717) is 11.6 Å². The number of hydrogen-bond donors (Lipinski definition) is 1. The minimum Gasteiger partial charge on any atom is -0.317 e. The molecule has 0 aromatic heterocycles. The van der Waals surface area contributed by atoms with Gasteiger partial charge in [-0.1, -0.05) is 25.1 Å². The summed E-state index contributed by atoms with van der Waals surface area (Å²) in [5, 5.41) is 3.17. The van der Waals surface area contributed by atoms with Gasteiger partial charge in [0.05, 0.1) is 5.56 Å². The van der Waals surface area contributed by atoms with E-state index in [2.05, 4.69) is 5.32 Å². The lowest BCUT2D eigenvalue weighted by atomic mass is 9.78. The van der Waals surface area contributed by atoms with Gasteiger partial charge < -0.3 is 5.32 Å². The average Bonchev–Trinajstić information content (AvgIpc) is 2.71. The van der Waals surface area contributed by atoms with Crippen molar-refractivity contribution in [1.82, 2.24) is 5.32 Å². The lowest BCUT2D eigenvalue weighted by Gasteiger charge is -2.28. The molecule has 0 heterocycles. The summed E-state index contributed by atoms with van der Waals surface area (Å²) in [6.45, 7) is 1.94. The Morgan fingerprint density at radius 2 is 1.94 bits per heavy atom. The van der Waals surface area contributed by atoms with E-state index < -0.39 is 11.7 Å². The first-order valence-electron chi connectivity index (χ1n) is 6.21. The van der Waals surface area contributed by atoms with E-state index in [1.54, 1.807) is 12.1 Å². The molecule has 1 fully saturated rings. The van der Waals surface area contributed by atoms with E-state index in [1.165, 1.54) is 12.1 Å². The van der Waals surface area contributed by atoms with Crippen LogP contribution in [0.1, 0.15) is 37.3 Å². The third kappa shape index (κ3) is 2.39. The lowest BCUT2D eigenvalue weighted by molar-refractivity contribution is -0.138. The van der Waals surface area contributed by atoms with Crippen LogP contribution in [0.3, 0.4) is 0 Å². The van der Waals surface area contributed by atoms with Crippen molar-refractivity contribution in [2.75, 3.05) is 7.05 Å². The summed E-state index contributed by atoms with van der Waals surface area (Å²) in [4.78, 5) is 0. The molecule has 2 unspecified atom stereocenters. The molecule has 0 saturated heterocycles. The SMILES string of the molecule is CNC1CCC(C)(c2ccccc2C(F)(F)F)C1. The molecule has 0 bridgehead atoms. The first-order chi connectivity index (χ1) is 8.37. The molecule has 1 aromatic carbocycles. The summed E-state index contributed by atoms with van der Waals surface area (Å²) >= 11 is 0. The number of benzene rings is 1. The second kappa shape index (κ2) is 4.57. The maximum absolute atomic E-state index is 13.0. The van der Waals surface area contributed by atoms with Gasteiger partial charge in [0.1, 0.15) is 0 Å². The van der Waals surface area contributed by atoms with Crippen molar-refractivity contribution in [2.24, 2.45) is 0 Å². The van der Waals surface area contributed by atoms with Gasteiger partial charge >= 0.3 is 6.18 Å². The summed E-state index contributed by atoms with van der Waals surface area (Å²) in [6.07, 6.45) is -1.78. The third-order valence-electron chi connectivity index (χ3n) is 4.03. The van der Waals surface area contributed by atoms with E-state index >= 15 is 0 Å². The van der Waals surface area contributed by atoms with Crippen molar-refractivity contribution in [3.8, 4) is 0 Å². The molecule has 0 radical (unpaired) electrons. The van der Waals surface area contributed by atoms with Gasteiger partial charge in [-0.25, -0.2) is 0 Å². The molecule has 1 aliphatic rings. The van der Waals surface area contributed by atoms with Crippen LogP contribution in [-0.2, 0) is 11.6 Å². The highest BCUT2D eigenvalue weighted by Crippen LogP contribution is 2.45. The zero-order chi connectivity index (χ0) is 13.4. The zero-order valence-electron chi connectivity index (χ0n) is 10.6. The Morgan fingerprint density at radius 1 is 1.28 bits per heavy atom. The predicted octanol–water partition coefficient (Wildman–Crippen LogP) is 3.74. The van der Waals surface area contributed by atoms with Gasteiger partial charge in [-0.3, -0.25) is 0 Å². The Kier molecular flexibility index (Phi) is 3.41. The Hall–Kier alpha value is -1.03. The Labute approximate surface area is 105 Å². The van der Waals surface area contributed by atoms with E-state index in [9.17, 15) is 13.2 Å². The smallest absolute Gasteiger partial charge is 0.317 e. The maximum atomic E-state index is 13.0. The molecule has 100 valence electrons. The zero-order valence-corrected chi connectivity index (χ0v) is 10.6. The molecular weight excluding hydrogens is 239 g/mol. The molecule has 0 amide bonds. The van der Waals surface area contributed by atoms with Crippen LogP contribution in [0.4, 0.5) is 13.2 Å². The fourth-order valence-corrected chi connectivity index (χ4v) is 2.99. The van der Waals surface area contributed by atoms with Crippen LogP contribution in [0.2, 0.25) is 0 Å². The van der Waals surface area contributed by atoms with Crippen LogP contribution in [0.25, 0.3) is 0 Å². The van der Waals surface area contributed by atoms with Crippen LogP contribution in [0.15, 0.2) is 24.3 Å². The number of hydrogen-bond acceptors (Lipinski definition) is 1. The number of alkyl halides is 3. The van der Waals surface area contributed by atoms with Gasteiger partial charge in [0, 0.05) is 6.04 Å². The monoisotopic (exact) mass is 257 g/mol. The molecule has 0 aliphatic heterocycles. The van der Waals surface area contributed by atoms with Crippen molar-refractivity contribution >= 4 is 0 Å². The van der Waals surface area contributed by atoms with Crippen LogP contribution in [0, 0.1) is 0 Å². The van der Waals surface area contributed by atoms with Gasteiger partial charge in [-0.2, -0.15) is 13.2 Å². The molecule has 0 spiro atoms. The van der Waals surface area contributed by atoms with Gasteiger partial charge in [0.25, 0.3) is 0 Å². The Morgan fingerprint density at radius 3 is 2.50 bits per heavy atom. The first kappa shape index (κ1) is 13.4.